The number of likely N-dealkylation sites (N-methyl/N-ethyl adjacent to an activating group) is 1. The molecule has 7 heteroatoms. The van der Waals surface area contributed by atoms with E-state index >= 15 is 0 Å². The molecule has 5 atom stereocenters. The van der Waals surface area contributed by atoms with E-state index in [1.54, 1.807) is 6.07 Å². The first-order valence-corrected chi connectivity index (χ1v) is 13.9. The zero-order valence-corrected chi connectivity index (χ0v) is 22.1. The highest BCUT2D eigenvalue weighted by molar-refractivity contribution is 14.1. The number of rotatable bonds is 4. The van der Waals surface area contributed by atoms with E-state index in [9.17, 15) is 15.0 Å². The molecule has 3 aliphatic carbocycles. The summed E-state index contributed by atoms with van der Waals surface area (Å²) in [5, 5.41) is 23.4. The van der Waals surface area contributed by atoms with Gasteiger partial charge in [0, 0.05) is 34.3 Å². The van der Waals surface area contributed by atoms with Crippen LogP contribution in [0.2, 0.25) is 0 Å². The minimum absolute atomic E-state index is 0.0317. The summed E-state index contributed by atoms with van der Waals surface area (Å²) in [5.41, 5.74) is 1.31. The molecule has 1 spiro atoms. The Kier molecular flexibility index (Phi) is 4.85. The monoisotopic (exact) mass is 586 g/mol. The van der Waals surface area contributed by atoms with Gasteiger partial charge >= 0.3 is 0 Å². The smallest absolute Gasteiger partial charge is 0.253 e. The number of phenols is 1. The highest BCUT2D eigenvalue weighted by Crippen LogP contribution is 2.66. The Morgan fingerprint density at radius 2 is 1.94 bits per heavy atom. The van der Waals surface area contributed by atoms with Crippen LogP contribution < -0.4 is 4.74 Å². The van der Waals surface area contributed by atoms with Crippen molar-refractivity contribution in [2.75, 3.05) is 20.1 Å². The molecular formula is C28H31IN2O4. The van der Waals surface area contributed by atoms with Crippen molar-refractivity contribution in [1.29, 1.82) is 0 Å². The minimum Gasteiger partial charge on any atom is -0.504 e. The number of aliphatic hydroxyl groups is 1. The van der Waals surface area contributed by atoms with Crippen LogP contribution in [0.15, 0.2) is 36.4 Å². The van der Waals surface area contributed by atoms with E-state index in [4.69, 9.17) is 4.74 Å². The summed E-state index contributed by atoms with van der Waals surface area (Å²) in [6.45, 7) is 1.98. The maximum Gasteiger partial charge on any atom is 0.253 e. The standard InChI is InChI=1S/C28H31IN2O4/c1-30(26(33)17-4-7-19(29)8-5-17)20-10-11-28(34)22-14-18-6-9-21(32)24-23(18)27(28,25(20)35-24)12-13-31(22)15-16-2-3-16/h4-9,16,20,22,25,32,34H,2-3,10-15H2,1H3/t20-,22+,25-,27?,28+/m0/s1. The van der Waals surface area contributed by atoms with Crippen LogP contribution in [0, 0.1) is 9.49 Å². The summed E-state index contributed by atoms with van der Waals surface area (Å²) >= 11 is 2.24. The van der Waals surface area contributed by atoms with Gasteiger partial charge < -0.3 is 19.8 Å². The maximum absolute atomic E-state index is 13.5. The van der Waals surface area contributed by atoms with E-state index in [-0.39, 0.29) is 29.8 Å². The van der Waals surface area contributed by atoms with E-state index in [1.807, 2.05) is 42.3 Å². The molecule has 2 saturated carbocycles. The summed E-state index contributed by atoms with van der Waals surface area (Å²) in [5.74, 6) is 1.39. The van der Waals surface area contributed by atoms with E-state index in [0.29, 0.717) is 24.2 Å². The number of phenolic OH excluding ortho intramolecular Hbond substituents is 1. The lowest BCUT2D eigenvalue weighted by molar-refractivity contribution is -0.197. The molecule has 2 aliphatic heterocycles. The summed E-state index contributed by atoms with van der Waals surface area (Å²) in [7, 11) is 1.86. The minimum atomic E-state index is -0.930. The van der Waals surface area contributed by atoms with Gasteiger partial charge in [-0.1, -0.05) is 6.07 Å². The molecule has 6 nitrogen and oxygen atoms in total. The Labute approximate surface area is 219 Å². The second kappa shape index (κ2) is 7.59. The highest BCUT2D eigenvalue weighted by Gasteiger charge is 2.73. The number of nitrogens with zero attached hydrogens (tertiary/aromatic N) is 2. The topological polar surface area (TPSA) is 73.2 Å². The van der Waals surface area contributed by atoms with Gasteiger partial charge in [-0.15, -0.1) is 0 Å². The second-order valence-electron chi connectivity index (χ2n) is 11.3. The molecule has 5 aliphatic rings. The van der Waals surface area contributed by atoms with Gasteiger partial charge in [0.2, 0.25) is 0 Å². The fraction of sp³-hybridized carbons (Fsp3) is 0.536. The Hall–Kier alpha value is -1.84. The maximum atomic E-state index is 13.5. The SMILES string of the molecule is CN(C(=O)c1ccc(I)cc1)[C@H]1CC[C@@]2(O)[C@H]3Cc4ccc(O)c5c4C2(CCN3CC2CC2)[C@H]1O5. The third-order valence-electron chi connectivity index (χ3n) is 9.64. The summed E-state index contributed by atoms with van der Waals surface area (Å²) in [4.78, 5) is 17.9. The molecule has 2 N–H and O–H groups in total. The molecule has 1 unspecified atom stereocenters. The Morgan fingerprint density at radius 3 is 2.69 bits per heavy atom. The van der Waals surface area contributed by atoms with Crippen LogP contribution >= 0.6 is 22.6 Å². The number of hydrogen-bond donors (Lipinski definition) is 2. The van der Waals surface area contributed by atoms with E-state index in [2.05, 4.69) is 27.5 Å². The van der Waals surface area contributed by atoms with Crippen molar-refractivity contribution in [3.8, 4) is 11.5 Å². The number of piperidine rings is 1. The van der Waals surface area contributed by atoms with Gasteiger partial charge in [-0.25, -0.2) is 0 Å². The first-order chi connectivity index (χ1) is 16.8. The largest absolute Gasteiger partial charge is 0.504 e. The van der Waals surface area contributed by atoms with Crippen LogP contribution in [0.1, 0.15) is 53.6 Å². The molecular weight excluding hydrogens is 555 g/mol. The number of aromatic hydroxyl groups is 1. The van der Waals surface area contributed by atoms with Gasteiger partial charge in [-0.05, 0) is 109 Å². The van der Waals surface area contributed by atoms with E-state index < -0.39 is 11.0 Å². The van der Waals surface area contributed by atoms with Crippen molar-refractivity contribution in [3.63, 3.8) is 0 Å². The number of halogens is 1. The molecule has 184 valence electrons. The molecule has 0 aromatic heterocycles. The van der Waals surface area contributed by atoms with Crippen molar-refractivity contribution >= 4 is 28.5 Å². The van der Waals surface area contributed by atoms with E-state index in [1.165, 1.54) is 18.4 Å². The number of ether oxygens (including phenoxy) is 1. The lowest BCUT2D eigenvalue weighted by Gasteiger charge is -2.64. The third kappa shape index (κ3) is 2.98. The zero-order chi connectivity index (χ0) is 24.1. The molecule has 1 saturated heterocycles. The summed E-state index contributed by atoms with van der Waals surface area (Å²) in [6.07, 6.45) is 5.07. The molecule has 1 amide bonds. The number of hydrogen-bond acceptors (Lipinski definition) is 5. The number of likely N-dealkylation sites (tertiary alicyclic amines) is 1. The normalized spacial score (nSPS) is 34.8. The number of benzene rings is 2. The zero-order valence-electron chi connectivity index (χ0n) is 19.9. The molecule has 2 aromatic rings. The molecule has 7 rings (SSSR count). The first kappa shape index (κ1) is 22.4. The highest BCUT2D eigenvalue weighted by atomic mass is 127. The van der Waals surface area contributed by atoms with Crippen LogP contribution in [-0.2, 0) is 11.8 Å². The van der Waals surface area contributed by atoms with Crippen LogP contribution in [0.4, 0.5) is 0 Å². The van der Waals surface area contributed by atoms with Crippen LogP contribution in [-0.4, -0.2) is 69.8 Å². The second-order valence-corrected chi connectivity index (χ2v) is 12.6. The summed E-state index contributed by atoms with van der Waals surface area (Å²) in [6, 6.07) is 11.3. The van der Waals surface area contributed by atoms with Gasteiger partial charge in [-0.2, -0.15) is 0 Å². The van der Waals surface area contributed by atoms with Gasteiger partial charge in [0.05, 0.1) is 17.1 Å². The Morgan fingerprint density at radius 1 is 1.17 bits per heavy atom. The van der Waals surface area contributed by atoms with Gasteiger partial charge in [0.25, 0.3) is 5.91 Å². The van der Waals surface area contributed by atoms with Crippen LogP contribution in [0.25, 0.3) is 0 Å². The molecule has 0 radical (unpaired) electrons. The number of amides is 1. The van der Waals surface area contributed by atoms with Crippen molar-refractivity contribution in [3.05, 3.63) is 56.7 Å². The van der Waals surface area contributed by atoms with Gasteiger partial charge in [-0.3, -0.25) is 9.69 Å². The Bertz CT molecular complexity index is 1210. The lowest BCUT2D eigenvalue weighted by atomic mass is 9.48. The van der Waals surface area contributed by atoms with Crippen LogP contribution in [0.3, 0.4) is 0 Å². The number of carbonyl (C=O) groups is 1. The molecule has 2 aromatic carbocycles. The predicted octanol–water partition coefficient (Wildman–Crippen LogP) is 3.70. The predicted molar refractivity (Wildman–Crippen MR) is 140 cm³/mol. The summed E-state index contributed by atoms with van der Waals surface area (Å²) < 4.78 is 7.71. The van der Waals surface area contributed by atoms with Crippen molar-refractivity contribution in [2.45, 2.75) is 67.7 Å². The van der Waals surface area contributed by atoms with Crippen molar-refractivity contribution in [1.82, 2.24) is 9.80 Å². The molecule has 35 heavy (non-hydrogen) atoms. The average Bonchev–Trinajstić information content (AvgIpc) is 3.59. The van der Waals surface area contributed by atoms with Gasteiger partial charge in [0.15, 0.2) is 11.5 Å². The molecule has 2 bridgehead atoms. The van der Waals surface area contributed by atoms with Crippen molar-refractivity contribution in [2.24, 2.45) is 5.92 Å². The van der Waals surface area contributed by atoms with E-state index in [0.717, 1.165) is 41.0 Å². The number of carbonyl (C=O) groups excluding carboxylic acids is 1. The average molecular weight is 586 g/mol. The lowest BCUT2D eigenvalue weighted by Crippen LogP contribution is -2.78. The molecule has 3 fully saturated rings. The molecule has 2 heterocycles. The van der Waals surface area contributed by atoms with Crippen molar-refractivity contribution < 1.29 is 19.7 Å². The van der Waals surface area contributed by atoms with Gasteiger partial charge in [0.1, 0.15) is 6.10 Å². The Balaban J connectivity index is 1.31. The quantitative estimate of drug-likeness (QED) is 0.535. The first-order valence-electron chi connectivity index (χ1n) is 12.8. The third-order valence-corrected chi connectivity index (χ3v) is 10.4. The van der Waals surface area contributed by atoms with Crippen LogP contribution in [0.5, 0.6) is 11.5 Å². The fourth-order valence-corrected chi connectivity index (χ4v) is 8.16. The fourth-order valence-electron chi connectivity index (χ4n) is 7.80.